The lowest BCUT2D eigenvalue weighted by atomic mass is 10.0. The van der Waals surface area contributed by atoms with Gasteiger partial charge in [0, 0.05) is 28.9 Å². The van der Waals surface area contributed by atoms with E-state index >= 15 is 4.39 Å². The van der Waals surface area contributed by atoms with E-state index < -0.39 is 33.6 Å². The first-order valence-electron chi connectivity index (χ1n) is 11.3. The number of sulfone groups is 1. The van der Waals surface area contributed by atoms with Crippen LogP contribution in [0.25, 0.3) is 11.1 Å². The third kappa shape index (κ3) is 5.71. The van der Waals surface area contributed by atoms with Crippen LogP contribution in [0.1, 0.15) is 12.8 Å². The molecule has 4 rings (SSSR count). The van der Waals surface area contributed by atoms with Gasteiger partial charge >= 0.3 is 6.03 Å². The average molecular weight is 528 g/mol. The fourth-order valence-electron chi connectivity index (χ4n) is 4.17. The van der Waals surface area contributed by atoms with Crippen molar-refractivity contribution in [3.05, 3.63) is 72.5 Å². The molecule has 0 spiro atoms. The zero-order valence-corrected chi connectivity index (χ0v) is 21.5. The minimum atomic E-state index is -3.51. The van der Waals surface area contributed by atoms with Crippen LogP contribution in [0.15, 0.2) is 76.5 Å². The number of nitrogens with zero attached hydrogens (tertiary/aromatic N) is 1. The Morgan fingerprint density at radius 2 is 1.81 bits per heavy atom. The van der Waals surface area contributed by atoms with Crippen LogP contribution in [0, 0.1) is 5.82 Å². The number of anilines is 2. The van der Waals surface area contributed by atoms with Crippen LogP contribution in [0.5, 0.6) is 0 Å². The molecule has 188 valence electrons. The smallest absolute Gasteiger partial charge is 0.319 e. The van der Waals surface area contributed by atoms with Crippen LogP contribution in [0.3, 0.4) is 0 Å². The predicted molar refractivity (Wildman–Crippen MR) is 141 cm³/mol. The molecule has 1 unspecified atom stereocenters. The third-order valence-electron chi connectivity index (χ3n) is 5.93. The number of nitrogens with one attached hydrogen (secondary N) is 2. The standard InChI is InChI=1S/C26H26FN3O4S2/c1-35-19-12-10-18(11-13-19)28-26(32)29-22-7-5-15-30(25(22)31)23-14-9-17(16-21(23)27)20-6-3-4-8-24(20)36(2,33)34/h3-4,6,8-14,16,22H,5,7,15H2,1-2H3,(H2,28,29,32). The Balaban J connectivity index is 1.50. The van der Waals surface area contributed by atoms with Crippen molar-refractivity contribution in [1.29, 1.82) is 0 Å². The van der Waals surface area contributed by atoms with Crippen LogP contribution in [-0.4, -0.2) is 45.5 Å². The molecule has 2 N–H and O–H groups in total. The molecule has 36 heavy (non-hydrogen) atoms. The minimum absolute atomic E-state index is 0.0835. The third-order valence-corrected chi connectivity index (χ3v) is 7.83. The Labute approximate surface area is 214 Å². The van der Waals surface area contributed by atoms with Gasteiger partial charge in [-0.15, -0.1) is 11.8 Å². The van der Waals surface area contributed by atoms with Gasteiger partial charge in [0.15, 0.2) is 9.84 Å². The summed E-state index contributed by atoms with van der Waals surface area (Å²) in [4.78, 5) is 28.1. The van der Waals surface area contributed by atoms with Crippen LogP contribution < -0.4 is 15.5 Å². The summed E-state index contributed by atoms with van der Waals surface area (Å²) in [7, 11) is -3.51. The van der Waals surface area contributed by atoms with E-state index in [0.717, 1.165) is 11.2 Å². The van der Waals surface area contributed by atoms with Gasteiger partial charge in [-0.1, -0.05) is 24.3 Å². The van der Waals surface area contributed by atoms with Crippen LogP contribution in [-0.2, 0) is 14.6 Å². The summed E-state index contributed by atoms with van der Waals surface area (Å²) >= 11 is 1.59. The summed E-state index contributed by atoms with van der Waals surface area (Å²) in [5.74, 6) is -1.06. The van der Waals surface area contributed by atoms with E-state index in [1.165, 1.54) is 23.1 Å². The zero-order valence-electron chi connectivity index (χ0n) is 19.8. The van der Waals surface area contributed by atoms with Crippen LogP contribution in [0.2, 0.25) is 0 Å². The number of thioether (sulfide) groups is 1. The van der Waals surface area contributed by atoms with Gasteiger partial charge in [0.05, 0.1) is 10.6 Å². The SMILES string of the molecule is CSc1ccc(NC(=O)NC2CCCN(c3ccc(-c4ccccc4S(C)(=O)=O)cc3F)C2=O)cc1. The minimum Gasteiger partial charge on any atom is -0.326 e. The molecule has 0 saturated carbocycles. The van der Waals surface area contributed by atoms with Crippen LogP contribution in [0.4, 0.5) is 20.6 Å². The molecule has 10 heteroatoms. The number of piperidine rings is 1. The maximum atomic E-state index is 15.2. The first-order valence-corrected chi connectivity index (χ1v) is 14.4. The summed E-state index contributed by atoms with van der Waals surface area (Å²) in [5, 5.41) is 5.41. The van der Waals surface area contributed by atoms with Crippen molar-refractivity contribution in [2.45, 2.75) is 28.7 Å². The highest BCUT2D eigenvalue weighted by Gasteiger charge is 2.32. The van der Waals surface area contributed by atoms with Gasteiger partial charge in [-0.2, -0.15) is 0 Å². The Morgan fingerprint density at radius 3 is 2.47 bits per heavy atom. The molecule has 1 heterocycles. The fourth-order valence-corrected chi connectivity index (χ4v) is 5.49. The second-order valence-corrected chi connectivity index (χ2v) is 11.3. The molecule has 1 atom stereocenters. The number of amides is 3. The summed E-state index contributed by atoms with van der Waals surface area (Å²) in [6.45, 7) is 0.310. The second-order valence-electron chi connectivity index (χ2n) is 8.45. The maximum absolute atomic E-state index is 15.2. The van der Waals surface area contributed by atoms with Crippen molar-refractivity contribution in [2.24, 2.45) is 0 Å². The lowest BCUT2D eigenvalue weighted by Gasteiger charge is -2.33. The highest BCUT2D eigenvalue weighted by atomic mass is 32.2. The van der Waals surface area contributed by atoms with Gasteiger partial charge in [-0.25, -0.2) is 17.6 Å². The number of carbonyl (C=O) groups is 2. The van der Waals surface area contributed by atoms with Crippen molar-refractivity contribution in [3.63, 3.8) is 0 Å². The molecule has 3 aromatic rings. The molecule has 7 nitrogen and oxygen atoms in total. The number of rotatable bonds is 6. The van der Waals surface area contributed by atoms with E-state index in [2.05, 4.69) is 10.6 Å². The molecule has 0 aromatic heterocycles. The number of halogens is 1. The molecule has 0 radical (unpaired) electrons. The summed E-state index contributed by atoms with van der Waals surface area (Å²) < 4.78 is 39.5. The van der Waals surface area contributed by atoms with Crippen molar-refractivity contribution in [2.75, 3.05) is 29.3 Å². The van der Waals surface area contributed by atoms with Gasteiger partial charge < -0.3 is 15.5 Å². The van der Waals surface area contributed by atoms with Gasteiger partial charge in [0.25, 0.3) is 0 Å². The average Bonchev–Trinajstić information content (AvgIpc) is 2.85. The Kier molecular flexibility index (Phi) is 7.65. The number of benzene rings is 3. The lowest BCUT2D eigenvalue weighted by Crippen LogP contribution is -2.53. The molecule has 1 aliphatic rings. The van der Waals surface area contributed by atoms with E-state index in [9.17, 15) is 18.0 Å². The number of hydrogen-bond donors (Lipinski definition) is 2. The molecule has 1 saturated heterocycles. The van der Waals surface area contributed by atoms with Crippen LogP contribution >= 0.6 is 11.8 Å². The van der Waals surface area contributed by atoms with Gasteiger partial charge in [-0.05, 0) is 67.1 Å². The Hall–Kier alpha value is -3.37. The highest BCUT2D eigenvalue weighted by molar-refractivity contribution is 7.98. The topological polar surface area (TPSA) is 95.6 Å². The van der Waals surface area contributed by atoms with E-state index in [4.69, 9.17) is 0 Å². The summed E-state index contributed by atoms with van der Waals surface area (Å²) in [6.07, 6.45) is 4.08. The molecule has 0 aliphatic carbocycles. The van der Waals surface area contributed by atoms with Gasteiger partial charge in [-0.3, -0.25) is 4.79 Å². The monoisotopic (exact) mass is 527 g/mol. The zero-order chi connectivity index (χ0) is 25.9. The van der Waals surface area contributed by atoms with Gasteiger partial charge in [0.1, 0.15) is 11.9 Å². The number of urea groups is 1. The van der Waals surface area contributed by atoms with Gasteiger partial charge in [0.2, 0.25) is 5.91 Å². The summed E-state index contributed by atoms with van der Waals surface area (Å²) in [6, 6.07) is 16.7. The van der Waals surface area contributed by atoms with Crippen molar-refractivity contribution in [3.8, 4) is 11.1 Å². The summed E-state index contributed by atoms with van der Waals surface area (Å²) in [5.41, 5.74) is 1.46. The highest BCUT2D eigenvalue weighted by Crippen LogP contribution is 2.32. The molecule has 1 fully saturated rings. The van der Waals surface area contributed by atoms with Crippen molar-refractivity contribution in [1.82, 2.24) is 5.32 Å². The molecule has 1 aliphatic heterocycles. The first kappa shape index (κ1) is 25.7. The fraction of sp³-hybridized carbons (Fsp3) is 0.231. The lowest BCUT2D eigenvalue weighted by molar-refractivity contribution is -0.121. The molecular weight excluding hydrogens is 501 g/mol. The van der Waals surface area contributed by atoms with E-state index in [1.54, 1.807) is 48.2 Å². The Bertz CT molecular complexity index is 1390. The molecule has 3 aromatic carbocycles. The number of hydrogen-bond acceptors (Lipinski definition) is 5. The quantitative estimate of drug-likeness (QED) is 0.443. The molecular formula is C26H26FN3O4S2. The predicted octanol–water partition coefficient (Wildman–Crippen LogP) is 4.94. The second kappa shape index (κ2) is 10.7. The normalized spacial score (nSPS) is 16.0. The van der Waals surface area contributed by atoms with E-state index in [0.29, 0.717) is 36.2 Å². The molecule has 3 amide bonds. The number of carbonyl (C=O) groups excluding carboxylic acids is 2. The van der Waals surface area contributed by atoms with Crippen molar-refractivity contribution < 1.29 is 22.4 Å². The van der Waals surface area contributed by atoms with E-state index in [1.807, 2.05) is 18.4 Å². The maximum Gasteiger partial charge on any atom is 0.319 e. The first-order chi connectivity index (χ1) is 17.2. The molecule has 0 bridgehead atoms. The van der Waals surface area contributed by atoms with E-state index in [-0.39, 0.29) is 10.6 Å². The largest absolute Gasteiger partial charge is 0.326 e. The van der Waals surface area contributed by atoms with Crippen molar-refractivity contribution >= 4 is 44.9 Å². The Morgan fingerprint density at radius 1 is 1.08 bits per heavy atom.